The van der Waals surface area contributed by atoms with Crippen LogP contribution in [-0.2, 0) is 24.2 Å². The van der Waals surface area contributed by atoms with Crippen molar-refractivity contribution in [1.82, 2.24) is 9.55 Å². The van der Waals surface area contributed by atoms with Crippen molar-refractivity contribution in [3.05, 3.63) is 74.9 Å². The summed E-state index contributed by atoms with van der Waals surface area (Å²) in [4.78, 5) is 17.0. The van der Waals surface area contributed by atoms with Crippen LogP contribution in [-0.4, -0.2) is 15.3 Å². The summed E-state index contributed by atoms with van der Waals surface area (Å²) >= 11 is 17.7. The number of carbonyl (C=O) groups is 1. The number of hydrogen-bond acceptors (Lipinski definition) is 2. The van der Waals surface area contributed by atoms with Crippen molar-refractivity contribution < 1.29 is 9.18 Å². The second-order valence-electron chi connectivity index (χ2n) is 6.47. The zero-order valence-corrected chi connectivity index (χ0v) is 17.5. The van der Waals surface area contributed by atoms with E-state index in [-0.39, 0.29) is 17.4 Å². The van der Waals surface area contributed by atoms with E-state index in [1.807, 2.05) is 23.6 Å². The third-order valence-corrected chi connectivity index (χ3v) is 5.10. The number of aryl methyl sites for hydroxylation is 2. The molecule has 0 aliphatic carbocycles. The van der Waals surface area contributed by atoms with Crippen molar-refractivity contribution in [2.75, 3.05) is 0 Å². The number of carbonyl (C=O) groups excluding carboxylic acids is 1. The molecule has 0 unspecified atom stereocenters. The maximum absolute atomic E-state index is 13.7. The Labute approximate surface area is 178 Å². The van der Waals surface area contributed by atoms with Crippen LogP contribution >= 0.6 is 34.8 Å². The largest absolute Gasteiger partial charge is 0.327 e. The number of imidazole rings is 1. The molecule has 0 fully saturated rings. The molecular formula is C21H18Cl3FN2O. The van der Waals surface area contributed by atoms with Gasteiger partial charge in [-0.05, 0) is 42.3 Å². The molecule has 1 aromatic heterocycles. The van der Waals surface area contributed by atoms with Gasteiger partial charge in [-0.3, -0.25) is 4.79 Å². The number of halogens is 4. The number of aromatic nitrogens is 2. The van der Waals surface area contributed by atoms with Crippen LogP contribution in [0.15, 0.2) is 42.6 Å². The number of ketones is 1. The summed E-state index contributed by atoms with van der Waals surface area (Å²) in [7, 11) is 0. The SMILES string of the molecule is CCc1nc(-c2ccc(Cl)c(F)c2)cn1CC(=O)CCc1cc(Cl)cc(Cl)c1. The minimum atomic E-state index is -0.497. The van der Waals surface area contributed by atoms with Crippen molar-refractivity contribution in [3.63, 3.8) is 0 Å². The van der Waals surface area contributed by atoms with E-state index >= 15 is 0 Å². The molecule has 7 heteroatoms. The Morgan fingerprint density at radius 2 is 1.82 bits per heavy atom. The first-order chi connectivity index (χ1) is 13.4. The summed E-state index contributed by atoms with van der Waals surface area (Å²) in [5.41, 5.74) is 2.16. The molecule has 146 valence electrons. The van der Waals surface area contributed by atoms with E-state index < -0.39 is 5.82 Å². The lowest BCUT2D eigenvalue weighted by atomic mass is 10.1. The number of rotatable bonds is 7. The van der Waals surface area contributed by atoms with Gasteiger partial charge in [0.2, 0.25) is 0 Å². The molecule has 3 rings (SSSR count). The van der Waals surface area contributed by atoms with Crippen LogP contribution < -0.4 is 0 Å². The first-order valence-electron chi connectivity index (χ1n) is 8.84. The zero-order valence-electron chi connectivity index (χ0n) is 15.2. The van der Waals surface area contributed by atoms with Crippen molar-refractivity contribution in [2.24, 2.45) is 0 Å². The van der Waals surface area contributed by atoms with Crippen molar-refractivity contribution in [2.45, 2.75) is 32.7 Å². The number of benzene rings is 2. The van der Waals surface area contributed by atoms with Crippen LogP contribution in [0.25, 0.3) is 11.3 Å². The molecule has 0 N–H and O–H groups in total. The Hall–Kier alpha value is -1.88. The first kappa shape index (κ1) is 20.8. The van der Waals surface area contributed by atoms with Gasteiger partial charge in [0.25, 0.3) is 0 Å². The molecule has 0 aliphatic rings. The number of Topliss-reactive ketones (excluding diaryl/α,β-unsaturated/α-hetero) is 1. The van der Waals surface area contributed by atoms with Gasteiger partial charge in [0.05, 0.1) is 17.3 Å². The molecular weight excluding hydrogens is 422 g/mol. The second kappa shape index (κ2) is 9.08. The molecule has 0 saturated carbocycles. The van der Waals surface area contributed by atoms with E-state index in [1.54, 1.807) is 18.3 Å². The van der Waals surface area contributed by atoms with Crippen molar-refractivity contribution in [3.8, 4) is 11.3 Å². The van der Waals surface area contributed by atoms with Gasteiger partial charge >= 0.3 is 0 Å². The van der Waals surface area contributed by atoms with Gasteiger partial charge in [-0.25, -0.2) is 9.37 Å². The second-order valence-corrected chi connectivity index (χ2v) is 7.75. The number of hydrogen-bond donors (Lipinski definition) is 0. The van der Waals surface area contributed by atoms with Gasteiger partial charge in [0.15, 0.2) is 5.78 Å². The monoisotopic (exact) mass is 438 g/mol. The van der Waals surface area contributed by atoms with Crippen LogP contribution in [0.5, 0.6) is 0 Å². The predicted molar refractivity (Wildman–Crippen MR) is 112 cm³/mol. The average molecular weight is 440 g/mol. The summed E-state index contributed by atoms with van der Waals surface area (Å²) in [6.45, 7) is 2.17. The van der Waals surface area contributed by atoms with Gasteiger partial charge in [0, 0.05) is 34.6 Å². The summed E-state index contributed by atoms with van der Waals surface area (Å²) in [5.74, 6) is 0.338. The molecule has 0 saturated heterocycles. The van der Waals surface area contributed by atoms with E-state index in [0.717, 1.165) is 11.4 Å². The highest BCUT2D eigenvalue weighted by molar-refractivity contribution is 6.34. The summed E-state index contributed by atoms with van der Waals surface area (Å²) in [6, 6.07) is 9.83. The molecule has 0 bridgehead atoms. The zero-order chi connectivity index (χ0) is 20.3. The molecule has 0 spiro atoms. The highest BCUT2D eigenvalue weighted by Gasteiger charge is 2.13. The topological polar surface area (TPSA) is 34.9 Å². The van der Waals surface area contributed by atoms with E-state index in [1.165, 1.54) is 12.1 Å². The van der Waals surface area contributed by atoms with Gasteiger partial charge < -0.3 is 4.57 Å². The van der Waals surface area contributed by atoms with E-state index in [4.69, 9.17) is 34.8 Å². The third kappa shape index (κ3) is 5.13. The fourth-order valence-corrected chi connectivity index (χ4v) is 3.66. The third-order valence-electron chi connectivity index (χ3n) is 4.35. The molecule has 3 aromatic rings. The molecule has 3 nitrogen and oxygen atoms in total. The minimum Gasteiger partial charge on any atom is -0.327 e. The van der Waals surface area contributed by atoms with E-state index in [9.17, 15) is 9.18 Å². The Morgan fingerprint density at radius 1 is 1.11 bits per heavy atom. The molecule has 2 aromatic carbocycles. The van der Waals surface area contributed by atoms with Crippen LogP contribution in [0.1, 0.15) is 24.7 Å². The van der Waals surface area contributed by atoms with Gasteiger partial charge in [0.1, 0.15) is 11.6 Å². The van der Waals surface area contributed by atoms with Crippen molar-refractivity contribution >= 4 is 40.6 Å². The molecule has 0 atom stereocenters. The Morgan fingerprint density at radius 3 is 2.46 bits per heavy atom. The quantitative estimate of drug-likeness (QED) is 0.426. The summed E-state index contributed by atoms with van der Waals surface area (Å²) in [6.07, 6.45) is 3.36. The predicted octanol–water partition coefficient (Wildman–Crippen LogP) is 6.41. The fraction of sp³-hybridized carbons (Fsp3) is 0.238. The standard InChI is InChI=1S/C21H18Cl3FN2O/c1-2-21-26-20(14-4-6-18(24)19(25)9-14)12-27(21)11-17(28)5-3-13-7-15(22)10-16(23)8-13/h4,6-10,12H,2-3,5,11H2,1H3. The average Bonchev–Trinajstić information content (AvgIpc) is 3.04. The van der Waals surface area contributed by atoms with Crippen molar-refractivity contribution in [1.29, 1.82) is 0 Å². The Balaban J connectivity index is 1.71. The van der Waals surface area contributed by atoms with Gasteiger partial charge in [-0.15, -0.1) is 0 Å². The van der Waals surface area contributed by atoms with Crippen LogP contribution in [0.2, 0.25) is 15.1 Å². The highest BCUT2D eigenvalue weighted by Crippen LogP contribution is 2.24. The molecule has 0 aliphatic heterocycles. The van der Waals surface area contributed by atoms with E-state index in [0.29, 0.717) is 40.6 Å². The normalized spacial score (nSPS) is 11.0. The fourth-order valence-electron chi connectivity index (χ4n) is 2.98. The molecule has 28 heavy (non-hydrogen) atoms. The Kier molecular flexibility index (Phi) is 6.76. The maximum Gasteiger partial charge on any atom is 0.152 e. The minimum absolute atomic E-state index is 0.0650. The lowest BCUT2D eigenvalue weighted by Gasteiger charge is -2.06. The highest BCUT2D eigenvalue weighted by atomic mass is 35.5. The van der Waals surface area contributed by atoms with E-state index in [2.05, 4.69) is 4.98 Å². The molecule has 0 radical (unpaired) electrons. The summed E-state index contributed by atoms with van der Waals surface area (Å²) < 4.78 is 15.6. The maximum atomic E-state index is 13.7. The van der Waals surface area contributed by atoms with Crippen LogP contribution in [0.3, 0.4) is 0 Å². The van der Waals surface area contributed by atoms with Crippen LogP contribution in [0, 0.1) is 5.82 Å². The summed E-state index contributed by atoms with van der Waals surface area (Å²) in [5, 5.41) is 1.17. The first-order valence-corrected chi connectivity index (χ1v) is 9.97. The van der Waals surface area contributed by atoms with Gasteiger partial charge in [-0.1, -0.05) is 47.8 Å². The van der Waals surface area contributed by atoms with Gasteiger partial charge in [-0.2, -0.15) is 0 Å². The molecule has 1 heterocycles. The molecule has 0 amide bonds. The smallest absolute Gasteiger partial charge is 0.152 e. The van der Waals surface area contributed by atoms with Crippen LogP contribution in [0.4, 0.5) is 4.39 Å². The number of nitrogens with zero attached hydrogens (tertiary/aromatic N) is 2. The Bertz CT molecular complexity index is 997. The lowest BCUT2D eigenvalue weighted by molar-refractivity contribution is -0.119. The lowest BCUT2D eigenvalue weighted by Crippen LogP contribution is -2.12.